The first-order valence-corrected chi connectivity index (χ1v) is 7.21. The van der Waals surface area contributed by atoms with Crippen molar-refractivity contribution in [3.8, 4) is 5.75 Å². The fourth-order valence-electron chi connectivity index (χ4n) is 1.89. The number of hydrogen-bond donors (Lipinski definition) is 2. The van der Waals surface area contributed by atoms with E-state index in [-0.39, 0.29) is 6.61 Å². The Morgan fingerprint density at radius 2 is 1.90 bits per heavy atom. The molecule has 0 saturated heterocycles. The standard InChI is InChI=1S/C16H18BrNO2/c1-16(19,13-5-3-2-4-6-13)11-20-15-8-7-12(10-18)9-14(15)17/h2-9,19H,10-11,18H2,1H3. The molecule has 3 nitrogen and oxygen atoms in total. The van der Waals surface area contributed by atoms with Crippen LogP contribution in [0.5, 0.6) is 5.75 Å². The maximum atomic E-state index is 10.5. The number of ether oxygens (including phenoxy) is 1. The molecule has 0 spiro atoms. The van der Waals surface area contributed by atoms with Crippen molar-refractivity contribution in [1.29, 1.82) is 0 Å². The molecule has 0 aliphatic rings. The predicted molar refractivity (Wildman–Crippen MR) is 83.5 cm³/mol. The summed E-state index contributed by atoms with van der Waals surface area (Å²) in [4.78, 5) is 0. The molecule has 2 aromatic carbocycles. The fraction of sp³-hybridized carbons (Fsp3) is 0.250. The van der Waals surface area contributed by atoms with Crippen LogP contribution in [-0.4, -0.2) is 11.7 Å². The molecule has 4 heteroatoms. The first-order valence-electron chi connectivity index (χ1n) is 6.42. The summed E-state index contributed by atoms with van der Waals surface area (Å²) in [6, 6.07) is 15.2. The van der Waals surface area contributed by atoms with Gasteiger partial charge in [-0.1, -0.05) is 36.4 Å². The highest BCUT2D eigenvalue weighted by Crippen LogP contribution is 2.28. The second kappa shape index (κ2) is 6.39. The molecule has 0 saturated carbocycles. The second-order valence-corrected chi connectivity index (χ2v) is 5.75. The number of rotatable bonds is 5. The molecule has 0 aromatic heterocycles. The van der Waals surface area contributed by atoms with Gasteiger partial charge in [0.1, 0.15) is 18.0 Å². The number of aliphatic hydroxyl groups is 1. The van der Waals surface area contributed by atoms with Crippen LogP contribution in [0.3, 0.4) is 0 Å². The van der Waals surface area contributed by atoms with E-state index >= 15 is 0 Å². The molecule has 0 bridgehead atoms. The zero-order valence-electron chi connectivity index (χ0n) is 11.3. The van der Waals surface area contributed by atoms with E-state index in [1.165, 1.54) is 0 Å². The third-order valence-corrected chi connectivity index (χ3v) is 3.76. The molecule has 1 atom stereocenters. The quantitative estimate of drug-likeness (QED) is 0.882. The van der Waals surface area contributed by atoms with Crippen molar-refractivity contribution in [2.24, 2.45) is 5.73 Å². The Bertz CT molecular complexity index is 570. The Morgan fingerprint density at radius 3 is 2.50 bits per heavy atom. The molecular weight excluding hydrogens is 318 g/mol. The van der Waals surface area contributed by atoms with Gasteiger partial charge in [-0.25, -0.2) is 0 Å². The van der Waals surface area contributed by atoms with Crippen LogP contribution >= 0.6 is 15.9 Å². The maximum Gasteiger partial charge on any atom is 0.133 e. The van der Waals surface area contributed by atoms with Crippen LogP contribution in [0.4, 0.5) is 0 Å². The highest BCUT2D eigenvalue weighted by Gasteiger charge is 2.24. The van der Waals surface area contributed by atoms with Gasteiger partial charge in [-0.05, 0) is 46.1 Å². The van der Waals surface area contributed by atoms with Crippen molar-refractivity contribution in [2.75, 3.05) is 6.61 Å². The summed E-state index contributed by atoms with van der Waals surface area (Å²) in [7, 11) is 0. The number of nitrogens with two attached hydrogens (primary N) is 1. The van der Waals surface area contributed by atoms with Crippen molar-refractivity contribution in [1.82, 2.24) is 0 Å². The maximum absolute atomic E-state index is 10.5. The van der Waals surface area contributed by atoms with Crippen molar-refractivity contribution < 1.29 is 9.84 Å². The Balaban J connectivity index is 2.08. The van der Waals surface area contributed by atoms with Crippen LogP contribution in [0.15, 0.2) is 53.0 Å². The van der Waals surface area contributed by atoms with Gasteiger partial charge in [-0.15, -0.1) is 0 Å². The molecule has 0 aliphatic heterocycles. The van der Waals surface area contributed by atoms with Gasteiger partial charge in [0.05, 0.1) is 4.47 Å². The Kier molecular flexibility index (Phi) is 4.81. The van der Waals surface area contributed by atoms with E-state index in [4.69, 9.17) is 10.5 Å². The van der Waals surface area contributed by atoms with Gasteiger partial charge in [0.2, 0.25) is 0 Å². The second-order valence-electron chi connectivity index (χ2n) is 4.90. The van der Waals surface area contributed by atoms with Gasteiger partial charge in [-0.3, -0.25) is 0 Å². The Morgan fingerprint density at radius 1 is 1.20 bits per heavy atom. The summed E-state index contributed by atoms with van der Waals surface area (Å²) in [6.45, 7) is 2.41. The van der Waals surface area contributed by atoms with E-state index < -0.39 is 5.60 Å². The molecule has 0 amide bonds. The molecule has 2 rings (SSSR count). The Labute approximate surface area is 127 Å². The van der Waals surface area contributed by atoms with Crippen molar-refractivity contribution in [3.05, 3.63) is 64.1 Å². The molecule has 0 heterocycles. The van der Waals surface area contributed by atoms with Crippen molar-refractivity contribution >= 4 is 15.9 Å². The molecule has 2 aromatic rings. The fourth-order valence-corrected chi connectivity index (χ4v) is 2.43. The monoisotopic (exact) mass is 335 g/mol. The summed E-state index contributed by atoms with van der Waals surface area (Å²) in [5, 5.41) is 10.5. The van der Waals surface area contributed by atoms with Gasteiger partial charge in [0.15, 0.2) is 0 Å². The normalized spacial score (nSPS) is 13.8. The van der Waals surface area contributed by atoms with Crippen molar-refractivity contribution in [2.45, 2.75) is 19.1 Å². The molecule has 0 radical (unpaired) electrons. The molecule has 1 unspecified atom stereocenters. The first-order chi connectivity index (χ1) is 9.53. The van der Waals surface area contributed by atoms with Gasteiger partial charge >= 0.3 is 0 Å². The van der Waals surface area contributed by atoms with E-state index in [0.717, 1.165) is 15.6 Å². The average molecular weight is 336 g/mol. The van der Waals surface area contributed by atoms with Crippen LogP contribution < -0.4 is 10.5 Å². The summed E-state index contributed by atoms with van der Waals surface area (Å²) >= 11 is 3.45. The van der Waals surface area contributed by atoms with E-state index in [9.17, 15) is 5.11 Å². The summed E-state index contributed by atoms with van der Waals surface area (Å²) in [5.74, 6) is 0.693. The van der Waals surface area contributed by atoms with Gasteiger partial charge in [0.25, 0.3) is 0 Å². The lowest BCUT2D eigenvalue weighted by Crippen LogP contribution is -2.29. The number of hydrogen-bond acceptors (Lipinski definition) is 3. The van der Waals surface area contributed by atoms with E-state index in [0.29, 0.717) is 12.3 Å². The Hall–Kier alpha value is -1.36. The lowest BCUT2D eigenvalue weighted by Gasteiger charge is -2.24. The third-order valence-electron chi connectivity index (χ3n) is 3.14. The molecule has 3 N–H and O–H groups in total. The van der Waals surface area contributed by atoms with Gasteiger partial charge in [-0.2, -0.15) is 0 Å². The van der Waals surface area contributed by atoms with Gasteiger partial charge in [0, 0.05) is 6.54 Å². The first kappa shape index (κ1) is 15.0. The van der Waals surface area contributed by atoms with E-state index in [1.807, 2.05) is 48.5 Å². The summed E-state index contributed by atoms with van der Waals surface area (Å²) in [5.41, 5.74) is 6.41. The molecule has 20 heavy (non-hydrogen) atoms. The minimum Gasteiger partial charge on any atom is -0.489 e. The summed E-state index contributed by atoms with van der Waals surface area (Å²) < 4.78 is 6.56. The van der Waals surface area contributed by atoms with E-state index in [2.05, 4.69) is 15.9 Å². The minimum absolute atomic E-state index is 0.178. The third kappa shape index (κ3) is 3.60. The highest BCUT2D eigenvalue weighted by atomic mass is 79.9. The smallest absolute Gasteiger partial charge is 0.133 e. The SMILES string of the molecule is CC(O)(COc1ccc(CN)cc1Br)c1ccccc1. The number of halogens is 1. The van der Waals surface area contributed by atoms with Crippen molar-refractivity contribution in [3.63, 3.8) is 0 Å². The molecular formula is C16H18BrNO2. The van der Waals surface area contributed by atoms with Crippen LogP contribution in [0, 0.1) is 0 Å². The van der Waals surface area contributed by atoms with Crippen LogP contribution in [-0.2, 0) is 12.1 Å². The minimum atomic E-state index is -1.03. The highest BCUT2D eigenvalue weighted by molar-refractivity contribution is 9.10. The van der Waals surface area contributed by atoms with E-state index in [1.54, 1.807) is 6.92 Å². The molecule has 0 aliphatic carbocycles. The zero-order chi connectivity index (χ0) is 14.6. The zero-order valence-corrected chi connectivity index (χ0v) is 12.9. The van der Waals surface area contributed by atoms with Crippen LogP contribution in [0.2, 0.25) is 0 Å². The van der Waals surface area contributed by atoms with Crippen LogP contribution in [0.1, 0.15) is 18.1 Å². The van der Waals surface area contributed by atoms with Crippen LogP contribution in [0.25, 0.3) is 0 Å². The number of benzene rings is 2. The topological polar surface area (TPSA) is 55.5 Å². The largest absolute Gasteiger partial charge is 0.489 e. The molecule has 106 valence electrons. The predicted octanol–water partition coefficient (Wildman–Crippen LogP) is 3.19. The summed E-state index contributed by atoms with van der Waals surface area (Å²) in [6.07, 6.45) is 0. The molecule has 0 fully saturated rings. The van der Waals surface area contributed by atoms with Gasteiger partial charge < -0.3 is 15.6 Å². The average Bonchev–Trinajstić information content (AvgIpc) is 2.47. The lowest BCUT2D eigenvalue weighted by molar-refractivity contribution is 0.00735. The lowest BCUT2D eigenvalue weighted by atomic mass is 9.97.